The highest BCUT2D eigenvalue weighted by atomic mass is 35.5. The minimum atomic E-state index is -0.400. The van der Waals surface area contributed by atoms with Crippen molar-refractivity contribution >= 4 is 34.3 Å². The summed E-state index contributed by atoms with van der Waals surface area (Å²) in [5.41, 5.74) is 3.22. The Balaban J connectivity index is 1.72. The predicted molar refractivity (Wildman–Crippen MR) is 91.6 cm³/mol. The molecule has 0 fully saturated rings. The van der Waals surface area contributed by atoms with Crippen molar-refractivity contribution in [3.63, 3.8) is 0 Å². The Bertz CT molecular complexity index is 721. The lowest BCUT2D eigenvalue weighted by Crippen LogP contribution is -2.23. The molecule has 24 heavy (non-hydrogen) atoms. The molecule has 0 atom stereocenters. The van der Waals surface area contributed by atoms with Gasteiger partial charge in [0.15, 0.2) is 0 Å². The first-order valence-corrected chi connectivity index (χ1v) is 8.21. The highest BCUT2D eigenvalue weighted by molar-refractivity contribution is 6.31. The van der Waals surface area contributed by atoms with E-state index in [0.29, 0.717) is 30.8 Å². The first-order chi connectivity index (χ1) is 11.6. The van der Waals surface area contributed by atoms with Crippen LogP contribution in [0.4, 0.5) is 0 Å². The van der Waals surface area contributed by atoms with Crippen LogP contribution in [0.25, 0.3) is 10.9 Å². The van der Waals surface area contributed by atoms with Crippen molar-refractivity contribution in [1.29, 1.82) is 0 Å². The second kappa shape index (κ2) is 9.20. The number of pyridine rings is 1. The van der Waals surface area contributed by atoms with Crippen LogP contribution in [-0.4, -0.2) is 22.0 Å². The summed E-state index contributed by atoms with van der Waals surface area (Å²) in [5.74, 6) is -0.442. The van der Waals surface area contributed by atoms with Gasteiger partial charge in [0, 0.05) is 23.3 Å². The van der Waals surface area contributed by atoms with Gasteiger partial charge in [0.25, 0.3) is 0 Å². The third-order valence-corrected chi connectivity index (χ3v) is 3.84. The number of hydroxylamine groups is 1. The number of nitrogens with zero attached hydrogens (tertiary/aromatic N) is 1. The highest BCUT2D eigenvalue weighted by Gasteiger charge is 2.04. The van der Waals surface area contributed by atoms with Gasteiger partial charge in [-0.1, -0.05) is 24.1 Å². The first-order valence-electron chi connectivity index (χ1n) is 7.83. The number of benzene rings is 1. The van der Waals surface area contributed by atoms with Crippen LogP contribution in [0.1, 0.15) is 37.8 Å². The number of carbonyl (C=O) groups is 2. The zero-order chi connectivity index (χ0) is 17.4. The van der Waals surface area contributed by atoms with Gasteiger partial charge in [-0.25, -0.2) is 5.48 Å². The number of unbranched alkanes of at least 4 members (excludes halogenated alkanes) is 2. The van der Waals surface area contributed by atoms with Crippen LogP contribution in [-0.2, 0) is 16.1 Å². The quantitative estimate of drug-likeness (QED) is 0.388. The standard InChI is InChI=1S/C17H20ClN3O3/c18-13-7-9-15-12(10-13)6-8-14(20-15)11-19-16(22)4-2-1-3-5-17(23)21-24/h6-10,24H,1-5,11H2,(H,19,22)(H,21,23). The van der Waals surface area contributed by atoms with E-state index in [-0.39, 0.29) is 12.3 Å². The Kier molecular flexibility index (Phi) is 6.96. The molecule has 0 saturated heterocycles. The molecule has 0 spiro atoms. The predicted octanol–water partition coefficient (Wildman–Crippen LogP) is 2.96. The van der Waals surface area contributed by atoms with Crippen molar-refractivity contribution in [2.24, 2.45) is 0 Å². The number of nitrogens with one attached hydrogen (secondary N) is 2. The maximum Gasteiger partial charge on any atom is 0.243 e. The van der Waals surface area contributed by atoms with Crippen molar-refractivity contribution in [3.8, 4) is 0 Å². The molecule has 6 nitrogen and oxygen atoms in total. The van der Waals surface area contributed by atoms with Crippen LogP contribution >= 0.6 is 11.6 Å². The molecule has 0 aliphatic heterocycles. The van der Waals surface area contributed by atoms with E-state index >= 15 is 0 Å². The second-order valence-corrected chi connectivity index (χ2v) is 5.95. The number of halogens is 1. The van der Waals surface area contributed by atoms with Crippen LogP contribution in [0.5, 0.6) is 0 Å². The van der Waals surface area contributed by atoms with Crippen LogP contribution in [0.15, 0.2) is 30.3 Å². The van der Waals surface area contributed by atoms with Gasteiger partial charge in [-0.15, -0.1) is 0 Å². The minimum Gasteiger partial charge on any atom is -0.350 e. The van der Waals surface area contributed by atoms with Crippen molar-refractivity contribution < 1.29 is 14.8 Å². The summed E-state index contributed by atoms with van der Waals surface area (Å²) in [6.07, 6.45) is 2.78. The van der Waals surface area contributed by atoms with Crippen LogP contribution in [0.3, 0.4) is 0 Å². The highest BCUT2D eigenvalue weighted by Crippen LogP contribution is 2.18. The lowest BCUT2D eigenvalue weighted by Gasteiger charge is -2.06. The zero-order valence-electron chi connectivity index (χ0n) is 13.2. The Morgan fingerprint density at radius 2 is 1.79 bits per heavy atom. The summed E-state index contributed by atoms with van der Waals surface area (Å²) < 4.78 is 0. The van der Waals surface area contributed by atoms with Crippen molar-refractivity contribution in [2.75, 3.05) is 0 Å². The van der Waals surface area contributed by atoms with Crippen LogP contribution in [0, 0.1) is 0 Å². The number of rotatable bonds is 8. The van der Waals surface area contributed by atoms with E-state index in [4.69, 9.17) is 16.8 Å². The fourth-order valence-electron chi connectivity index (χ4n) is 2.32. The summed E-state index contributed by atoms with van der Waals surface area (Å²) in [4.78, 5) is 27.1. The number of aromatic nitrogens is 1. The largest absolute Gasteiger partial charge is 0.350 e. The van der Waals surface area contributed by atoms with Gasteiger partial charge in [-0.05, 0) is 37.1 Å². The number of fused-ring (bicyclic) bond motifs is 1. The number of hydrogen-bond donors (Lipinski definition) is 3. The summed E-state index contributed by atoms with van der Waals surface area (Å²) in [6, 6.07) is 9.29. The van der Waals surface area contributed by atoms with Gasteiger partial charge >= 0.3 is 0 Å². The topological polar surface area (TPSA) is 91.3 Å². The van der Waals surface area contributed by atoms with E-state index in [1.165, 1.54) is 0 Å². The van der Waals surface area contributed by atoms with Gasteiger partial charge < -0.3 is 5.32 Å². The Hall–Kier alpha value is -2.18. The molecule has 0 saturated carbocycles. The Morgan fingerprint density at radius 3 is 2.54 bits per heavy atom. The van der Waals surface area contributed by atoms with Crippen LogP contribution in [0.2, 0.25) is 5.02 Å². The maximum atomic E-state index is 11.8. The molecule has 3 N–H and O–H groups in total. The third kappa shape index (κ3) is 5.79. The van der Waals surface area contributed by atoms with E-state index in [2.05, 4.69) is 10.3 Å². The molecule has 0 aliphatic carbocycles. The van der Waals surface area contributed by atoms with E-state index < -0.39 is 5.91 Å². The average Bonchev–Trinajstić information content (AvgIpc) is 2.59. The van der Waals surface area contributed by atoms with Crippen molar-refractivity contribution in [2.45, 2.75) is 38.6 Å². The molecule has 2 rings (SSSR count). The molecule has 7 heteroatoms. The van der Waals surface area contributed by atoms with E-state index in [9.17, 15) is 9.59 Å². The number of hydrogen-bond acceptors (Lipinski definition) is 4. The van der Waals surface area contributed by atoms with Crippen LogP contribution < -0.4 is 10.8 Å². The molecule has 128 valence electrons. The first kappa shape index (κ1) is 18.2. The number of carbonyl (C=O) groups excluding carboxylic acids is 2. The van der Waals surface area contributed by atoms with Gasteiger partial charge in [0.1, 0.15) is 0 Å². The minimum absolute atomic E-state index is 0.0420. The molecular formula is C17H20ClN3O3. The average molecular weight is 350 g/mol. The van der Waals surface area contributed by atoms with Crippen molar-refractivity contribution in [1.82, 2.24) is 15.8 Å². The zero-order valence-corrected chi connectivity index (χ0v) is 14.0. The molecule has 0 radical (unpaired) electrons. The third-order valence-electron chi connectivity index (χ3n) is 3.61. The summed E-state index contributed by atoms with van der Waals surface area (Å²) in [6.45, 7) is 0.379. The molecular weight excluding hydrogens is 330 g/mol. The van der Waals surface area contributed by atoms with Crippen molar-refractivity contribution in [3.05, 3.63) is 41.0 Å². The van der Waals surface area contributed by atoms with Gasteiger partial charge in [-0.3, -0.25) is 19.8 Å². The Morgan fingerprint density at radius 1 is 1.04 bits per heavy atom. The Labute approximate surface area is 145 Å². The molecule has 2 amide bonds. The number of amides is 2. The lowest BCUT2D eigenvalue weighted by molar-refractivity contribution is -0.129. The fourth-order valence-corrected chi connectivity index (χ4v) is 2.50. The fraction of sp³-hybridized carbons (Fsp3) is 0.353. The maximum absolute atomic E-state index is 11.8. The normalized spacial score (nSPS) is 10.6. The molecule has 0 unspecified atom stereocenters. The smallest absolute Gasteiger partial charge is 0.243 e. The van der Waals surface area contributed by atoms with E-state index in [0.717, 1.165) is 23.0 Å². The molecule has 1 heterocycles. The monoisotopic (exact) mass is 349 g/mol. The van der Waals surface area contributed by atoms with Gasteiger partial charge in [-0.2, -0.15) is 0 Å². The molecule has 0 bridgehead atoms. The molecule has 1 aromatic heterocycles. The molecule has 1 aromatic carbocycles. The summed E-state index contributed by atoms with van der Waals surface area (Å²) in [5, 5.41) is 12.8. The summed E-state index contributed by atoms with van der Waals surface area (Å²) >= 11 is 5.94. The molecule has 0 aliphatic rings. The van der Waals surface area contributed by atoms with Gasteiger partial charge in [0.2, 0.25) is 11.8 Å². The lowest BCUT2D eigenvalue weighted by atomic mass is 10.1. The SMILES string of the molecule is O=C(CCCCCC(=O)NCc1ccc2cc(Cl)ccc2n1)NO. The second-order valence-electron chi connectivity index (χ2n) is 5.51. The van der Waals surface area contributed by atoms with Gasteiger partial charge in [0.05, 0.1) is 17.8 Å². The summed E-state index contributed by atoms with van der Waals surface area (Å²) in [7, 11) is 0. The van der Waals surface area contributed by atoms with E-state index in [1.807, 2.05) is 24.3 Å². The van der Waals surface area contributed by atoms with E-state index in [1.54, 1.807) is 11.5 Å². The molecule has 2 aromatic rings.